The number of hydrogen-bond donors (Lipinski definition) is 2. The van der Waals surface area contributed by atoms with Gasteiger partial charge in [0.25, 0.3) is 0 Å². The molecule has 20 heavy (non-hydrogen) atoms. The molecule has 0 aliphatic rings. The van der Waals surface area contributed by atoms with Crippen LogP contribution in [0.3, 0.4) is 0 Å². The molecular formula is C12H13ClN4O2S. The van der Waals surface area contributed by atoms with Crippen LogP contribution in [0.15, 0.2) is 30.3 Å². The Labute approximate surface area is 122 Å². The van der Waals surface area contributed by atoms with Crippen molar-refractivity contribution < 1.29 is 8.42 Å². The molecule has 0 unspecified atom stereocenters. The van der Waals surface area contributed by atoms with Crippen LogP contribution in [-0.4, -0.2) is 18.4 Å². The summed E-state index contributed by atoms with van der Waals surface area (Å²) in [5.74, 6) is -0.258. The number of aromatic nitrogens is 2. The molecule has 8 heteroatoms. The minimum atomic E-state index is -3.63. The molecule has 0 amide bonds. The molecule has 0 saturated carbocycles. The lowest BCUT2D eigenvalue weighted by molar-refractivity contribution is 0.600. The van der Waals surface area contributed by atoms with Gasteiger partial charge in [-0.3, -0.25) is 4.72 Å². The zero-order valence-corrected chi connectivity index (χ0v) is 12.2. The average molecular weight is 313 g/mol. The highest BCUT2D eigenvalue weighted by molar-refractivity contribution is 7.91. The molecule has 0 atom stereocenters. The lowest BCUT2D eigenvalue weighted by atomic mass is 10.2. The normalized spacial score (nSPS) is 11.3. The van der Waals surface area contributed by atoms with Crippen molar-refractivity contribution in [2.24, 2.45) is 0 Å². The van der Waals surface area contributed by atoms with E-state index in [0.717, 1.165) is 0 Å². The van der Waals surface area contributed by atoms with Crippen molar-refractivity contribution in [1.82, 2.24) is 9.97 Å². The molecule has 0 saturated heterocycles. The third-order valence-corrected chi connectivity index (χ3v) is 3.78. The number of benzene rings is 1. The fourth-order valence-corrected chi connectivity index (χ4v) is 2.95. The van der Waals surface area contributed by atoms with Gasteiger partial charge in [0, 0.05) is 11.4 Å². The van der Waals surface area contributed by atoms with E-state index >= 15 is 0 Å². The second kappa shape index (κ2) is 5.64. The first-order valence-electron chi connectivity index (χ1n) is 5.70. The molecule has 1 aromatic heterocycles. The summed E-state index contributed by atoms with van der Waals surface area (Å²) < 4.78 is 26.3. The van der Waals surface area contributed by atoms with Crippen LogP contribution in [0.1, 0.15) is 11.3 Å². The predicted octanol–water partition coefficient (Wildman–Crippen LogP) is 1.96. The zero-order valence-electron chi connectivity index (χ0n) is 10.7. The molecule has 0 aliphatic heterocycles. The number of halogens is 1. The molecule has 1 aromatic carbocycles. The van der Waals surface area contributed by atoms with Crippen molar-refractivity contribution >= 4 is 33.3 Å². The zero-order chi connectivity index (χ0) is 14.8. The van der Waals surface area contributed by atoms with Gasteiger partial charge in [-0.1, -0.05) is 23.7 Å². The molecule has 0 fully saturated rings. The van der Waals surface area contributed by atoms with Gasteiger partial charge in [-0.25, -0.2) is 18.4 Å². The van der Waals surface area contributed by atoms with Crippen LogP contribution in [0, 0.1) is 6.92 Å². The van der Waals surface area contributed by atoms with E-state index in [0.29, 0.717) is 16.9 Å². The Morgan fingerprint density at radius 2 is 2.05 bits per heavy atom. The highest BCUT2D eigenvalue weighted by atomic mass is 35.5. The van der Waals surface area contributed by atoms with E-state index in [1.165, 1.54) is 6.07 Å². The number of sulfonamides is 1. The summed E-state index contributed by atoms with van der Waals surface area (Å²) in [6.45, 7) is 1.70. The van der Waals surface area contributed by atoms with Crippen LogP contribution in [0.2, 0.25) is 5.15 Å². The van der Waals surface area contributed by atoms with Crippen molar-refractivity contribution in [3.8, 4) is 0 Å². The predicted molar refractivity (Wildman–Crippen MR) is 78.9 cm³/mol. The topological polar surface area (TPSA) is 98.0 Å². The summed E-state index contributed by atoms with van der Waals surface area (Å²) in [5, 5.41) is 0.180. The molecule has 0 aliphatic carbocycles. The highest BCUT2D eigenvalue weighted by Crippen LogP contribution is 2.14. The standard InChI is InChI=1S/C12H13ClN4O2S/c1-8-5-11(13)16-12(15-8)17-20(18,19)7-9-3-2-4-10(14)6-9/h2-6H,7,14H2,1H3,(H,15,16,17). The van der Waals surface area contributed by atoms with Gasteiger partial charge in [0.05, 0.1) is 5.75 Å². The third kappa shape index (κ3) is 4.07. The largest absolute Gasteiger partial charge is 0.399 e. The van der Waals surface area contributed by atoms with Crippen molar-refractivity contribution in [2.45, 2.75) is 12.7 Å². The first-order chi connectivity index (χ1) is 9.34. The van der Waals surface area contributed by atoms with Gasteiger partial charge < -0.3 is 5.73 Å². The fourth-order valence-electron chi connectivity index (χ4n) is 1.65. The first-order valence-corrected chi connectivity index (χ1v) is 7.73. The molecule has 1 heterocycles. The first kappa shape index (κ1) is 14.5. The van der Waals surface area contributed by atoms with E-state index in [1.54, 1.807) is 31.2 Å². The maximum atomic E-state index is 12.0. The van der Waals surface area contributed by atoms with Crippen LogP contribution in [-0.2, 0) is 15.8 Å². The number of nitrogens with two attached hydrogens (primary N) is 1. The fraction of sp³-hybridized carbons (Fsp3) is 0.167. The summed E-state index contributed by atoms with van der Waals surface area (Å²) in [6, 6.07) is 8.20. The average Bonchev–Trinajstić information content (AvgIpc) is 2.25. The number of aryl methyl sites for hydroxylation is 1. The Hall–Kier alpha value is -1.86. The molecule has 0 radical (unpaired) electrons. The van der Waals surface area contributed by atoms with E-state index in [2.05, 4.69) is 14.7 Å². The Morgan fingerprint density at radius 1 is 1.30 bits per heavy atom. The van der Waals surface area contributed by atoms with E-state index < -0.39 is 10.0 Å². The number of anilines is 2. The maximum absolute atomic E-state index is 12.0. The van der Waals surface area contributed by atoms with Gasteiger partial charge in [-0.2, -0.15) is 0 Å². The smallest absolute Gasteiger partial charge is 0.239 e. The maximum Gasteiger partial charge on any atom is 0.239 e. The molecule has 2 rings (SSSR count). The minimum absolute atomic E-state index is 0.0427. The minimum Gasteiger partial charge on any atom is -0.399 e. The second-order valence-electron chi connectivity index (χ2n) is 4.26. The van der Waals surface area contributed by atoms with E-state index in [1.807, 2.05) is 0 Å². The van der Waals surface area contributed by atoms with Gasteiger partial charge in [-0.05, 0) is 30.7 Å². The van der Waals surface area contributed by atoms with Crippen LogP contribution in [0.4, 0.5) is 11.6 Å². The lowest BCUT2D eigenvalue weighted by Crippen LogP contribution is -2.17. The number of nitrogen functional groups attached to an aromatic ring is 1. The molecule has 0 bridgehead atoms. The summed E-state index contributed by atoms with van der Waals surface area (Å²) in [4.78, 5) is 7.79. The summed E-state index contributed by atoms with van der Waals surface area (Å²) in [6.07, 6.45) is 0. The molecular weight excluding hydrogens is 300 g/mol. The van der Waals surface area contributed by atoms with Gasteiger partial charge in [0.1, 0.15) is 5.15 Å². The number of nitrogens with one attached hydrogen (secondary N) is 1. The SMILES string of the molecule is Cc1cc(Cl)nc(NS(=O)(=O)Cc2cccc(N)c2)n1. The number of nitrogens with zero attached hydrogens (tertiary/aromatic N) is 2. The Bertz CT molecular complexity index is 714. The van der Waals surface area contributed by atoms with E-state index in [4.69, 9.17) is 17.3 Å². The molecule has 3 N–H and O–H groups in total. The lowest BCUT2D eigenvalue weighted by Gasteiger charge is -2.08. The molecule has 106 valence electrons. The second-order valence-corrected chi connectivity index (χ2v) is 6.37. The van der Waals surface area contributed by atoms with E-state index in [-0.39, 0.29) is 16.9 Å². The van der Waals surface area contributed by atoms with Crippen molar-refractivity contribution in [3.63, 3.8) is 0 Å². The van der Waals surface area contributed by atoms with E-state index in [9.17, 15) is 8.42 Å². The number of hydrogen-bond acceptors (Lipinski definition) is 5. The Balaban J connectivity index is 2.19. The van der Waals surface area contributed by atoms with Crippen LogP contribution in [0.25, 0.3) is 0 Å². The van der Waals surface area contributed by atoms with Crippen molar-refractivity contribution in [1.29, 1.82) is 0 Å². The molecule has 2 aromatic rings. The van der Waals surface area contributed by atoms with Crippen LogP contribution in [0.5, 0.6) is 0 Å². The van der Waals surface area contributed by atoms with Crippen LogP contribution < -0.4 is 10.5 Å². The quantitative estimate of drug-likeness (QED) is 0.664. The monoisotopic (exact) mass is 312 g/mol. The van der Waals surface area contributed by atoms with Gasteiger partial charge in [0.15, 0.2) is 0 Å². The summed E-state index contributed by atoms with van der Waals surface area (Å²) in [5.41, 5.74) is 7.27. The van der Waals surface area contributed by atoms with Crippen LogP contribution >= 0.6 is 11.6 Å². The summed E-state index contributed by atoms with van der Waals surface area (Å²) in [7, 11) is -3.63. The Morgan fingerprint density at radius 3 is 2.70 bits per heavy atom. The third-order valence-electron chi connectivity index (χ3n) is 2.38. The van der Waals surface area contributed by atoms with Crippen molar-refractivity contribution in [3.05, 3.63) is 46.7 Å². The number of rotatable bonds is 4. The van der Waals surface area contributed by atoms with Gasteiger partial charge in [-0.15, -0.1) is 0 Å². The highest BCUT2D eigenvalue weighted by Gasteiger charge is 2.14. The molecule has 0 spiro atoms. The van der Waals surface area contributed by atoms with Crippen molar-refractivity contribution in [2.75, 3.05) is 10.5 Å². The molecule has 6 nitrogen and oxygen atoms in total. The van der Waals surface area contributed by atoms with Gasteiger partial charge in [0.2, 0.25) is 16.0 Å². The van der Waals surface area contributed by atoms with Gasteiger partial charge >= 0.3 is 0 Å². The Kier molecular flexibility index (Phi) is 4.10. The summed E-state index contributed by atoms with van der Waals surface area (Å²) >= 11 is 5.76.